The van der Waals surface area contributed by atoms with Crippen LogP contribution < -0.4 is 5.32 Å². The Bertz CT molecular complexity index is 548. The number of carbonyl (C=O) groups is 1. The first-order valence-electron chi connectivity index (χ1n) is 8.48. The summed E-state index contributed by atoms with van der Waals surface area (Å²) in [7, 11) is 1.47. The fourth-order valence-corrected chi connectivity index (χ4v) is 3.66. The molecule has 23 heavy (non-hydrogen) atoms. The predicted octanol–water partition coefficient (Wildman–Crippen LogP) is 2.50. The second-order valence-electron chi connectivity index (χ2n) is 6.67. The van der Waals surface area contributed by atoms with Gasteiger partial charge in [-0.25, -0.2) is 0 Å². The normalized spacial score (nSPS) is 24.3. The molecule has 0 aliphatic carbocycles. The lowest BCUT2D eigenvalue weighted by Crippen LogP contribution is -2.57. The number of methoxy groups -OCH3 is 1. The number of nitrogens with one attached hydrogen (secondary N) is 1. The SMILES string of the molecule is COC(=O)C1CC=CCC2(CCN(Cc3ccccc3)CC2)N1. The summed E-state index contributed by atoms with van der Waals surface area (Å²) in [5.74, 6) is -0.150. The van der Waals surface area contributed by atoms with Crippen LogP contribution in [-0.4, -0.2) is 42.6 Å². The van der Waals surface area contributed by atoms with Gasteiger partial charge in [-0.1, -0.05) is 42.5 Å². The Labute approximate surface area is 138 Å². The first-order chi connectivity index (χ1) is 11.2. The van der Waals surface area contributed by atoms with Crippen LogP contribution in [-0.2, 0) is 16.1 Å². The van der Waals surface area contributed by atoms with Gasteiger partial charge in [0.2, 0.25) is 0 Å². The van der Waals surface area contributed by atoms with E-state index in [0.29, 0.717) is 0 Å². The van der Waals surface area contributed by atoms with Crippen molar-refractivity contribution in [3.8, 4) is 0 Å². The van der Waals surface area contributed by atoms with Gasteiger partial charge in [-0.15, -0.1) is 0 Å². The van der Waals surface area contributed by atoms with Gasteiger partial charge in [-0.3, -0.25) is 15.0 Å². The molecule has 4 nitrogen and oxygen atoms in total. The minimum atomic E-state index is -0.209. The van der Waals surface area contributed by atoms with Crippen LogP contribution in [0, 0.1) is 0 Å². The summed E-state index contributed by atoms with van der Waals surface area (Å²) >= 11 is 0. The monoisotopic (exact) mass is 314 g/mol. The third kappa shape index (κ3) is 4.01. The van der Waals surface area contributed by atoms with Crippen molar-refractivity contribution < 1.29 is 9.53 Å². The smallest absolute Gasteiger partial charge is 0.323 e. The van der Waals surface area contributed by atoms with Crippen molar-refractivity contribution >= 4 is 5.97 Å². The van der Waals surface area contributed by atoms with Gasteiger partial charge in [0.1, 0.15) is 6.04 Å². The maximum Gasteiger partial charge on any atom is 0.323 e. The number of carbonyl (C=O) groups excluding carboxylic acids is 1. The van der Waals surface area contributed by atoms with Crippen LogP contribution in [0.2, 0.25) is 0 Å². The summed E-state index contributed by atoms with van der Waals surface area (Å²) in [6.07, 6.45) is 8.19. The Morgan fingerprint density at radius 3 is 2.70 bits per heavy atom. The topological polar surface area (TPSA) is 41.6 Å². The quantitative estimate of drug-likeness (QED) is 0.687. The summed E-state index contributed by atoms with van der Waals surface area (Å²) in [5.41, 5.74) is 1.41. The number of rotatable bonds is 3. The van der Waals surface area contributed by atoms with E-state index in [0.717, 1.165) is 45.3 Å². The van der Waals surface area contributed by atoms with Gasteiger partial charge in [0.15, 0.2) is 0 Å². The molecule has 2 heterocycles. The molecule has 0 aromatic heterocycles. The molecule has 0 saturated carbocycles. The Morgan fingerprint density at radius 1 is 1.26 bits per heavy atom. The van der Waals surface area contributed by atoms with E-state index < -0.39 is 0 Å². The Morgan fingerprint density at radius 2 is 2.00 bits per heavy atom. The van der Waals surface area contributed by atoms with E-state index >= 15 is 0 Å². The fraction of sp³-hybridized carbons (Fsp3) is 0.526. The number of esters is 1. The summed E-state index contributed by atoms with van der Waals surface area (Å²) in [5, 5.41) is 3.60. The van der Waals surface area contributed by atoms with Gasteiger partial charge < -0.3 is 4.74 Å². The van der Waals surface area contributed by atoms with Crippen molar-refractivity contribution in [2.45, 2.75) is 43.8 Å². The zero-order valence-corrected chi connectivity index (χ0v) is 13.8. The highest BCUT2D eigenvalue weighted by Gasteiger charge is 2.38. The number of hydrogen-bond donors (Lipinski definition) is 1. The molecule has 3 rings (SSSR count). The lowest BCUT2D eigenvalue weighted by atomic mass is 9.84. The van der Waals surface area contributed by atoms with Gasteiger partial charge in [-0.05, 0) is 31.2 Å². The average Bonchev–Trinajstić information content (AvgIpc) is 2.80. The van der Waals surface area contributed by atoms with Gasteiger partial charge in [0.25, 0.3) is 0 Å². The first kappa shape index (κ1) is 16.2. The van der Waals surface area contributed by atoms with Crippen LogP contribution in [0.25, 0.3) is 0 Å². The highest BCUT2D eigenvalue weighted by Crippen LogP contribution is 2.30. The molecular weight excluding hydrogens is 288 g/mol. The number of benzene rings is 1. The van der Waals surface area contributed by atoms with Crippen LogP contribution in [0.4, 0.5) is 0 Å². The van der Waals surface area contributed by atoms with Crippen molar-refractivity contribution in [2.75, 3.05) is 20.2 Å². The minimum absolute atomic E-state index is 0.0407. The van der Waals surface area contributed by atoms with Crippen molar-refractivity contribution in [1.29, 1.82) is 0 Å². The number of likely N-dealkylation sites (tertiary alicyclic amines) is 1. The van der Waals surface area contributed by atoms with E-state index in [9.17, 15) is 4.79 Å². The zero-order chi connectivity index (χ0) is 16.1. The van der Waals surface area contributed by atoms with Crippen LogP contribution in [0.15, 0.2) is 42.5 Å². The lowest BCUT2D eigenvalue weighted by molar-refractivity contribution is -0.143. The molecule has 124 valence electrons. The van der Waals surface area contributed by atoms with Gasteiger partial charge in [0, 0.05) is 25.2 Å². The van der Waals surface area contributed by atoms with E-state index in [-0.39, 0.29) is 17.6 Å². The van der Waals surface area contributed by atoms with Crippen molar-refractivity contribution in [1.82, 2.24) is 10.2 Å². The maximum atomic E-state index is 11.9. The first-order valence-corrected chi connectivity index (χ1v) is 8.48. The van der Waals surface area contributed by atoms with Crippen molar-refractivity contribution in [3.63, 3.8) is 0 Å². The fourth-order valence-electron chi connectivity index (χ4n) is 3.66. The summed E-state index contributed by atoms with van der Waals surface area (Å²) in [6, 6.07) is 10.4. The van der Waals surface area contributed by atoms with E-state index in [4.69, 9.17) is 4.74 Å². The largest absolute Gasteiger partial charge is 0.468 e. The molecule has 1 unspecified atom stereocenters. The molecule has 1 saturated heterocycles. The predicted molar refractivity (Wildman–Crippen MR) is 91.0 cm³/mol. The summed E-state index contributed by atoms with van der Waals surface area (Å²) in [6.45, 7) is 3.13. The van der Waals surface area contributed by atoms with E-state index in [1.165, 1.54) is 12.7 Å². The van der Waals surface area contributed by atoms with Gasteiger partial charge >= 0.3 is 5.97 Å². The van der Waals surface area contributed by atoms with E-state index in [1.807, 2.05) is 0 Å². The Balaban J connectivity index is 1.60. The molecule has 1 fully saturated rings. The molecule has 0 radical (unpaired) electrons. The number of ether oxygens (including phenoxy) is 1. The highest BCUT2D eigenvalue weighted by atomic mass is 16.5. The molecule has 1 spiro atoms. The number of hydrogen-bond acceptors (Lipinski definition) is 4. The summed E-state index contributed by atoms with van der Waals surface area (Å²) in [4.78, 5) is 14.4. The van der Waals surface area contributed by atoms with Crippen molar-refractivity contribution in [3.05, 3.63) is 48.0 Å². The lowest BCUT2D eigenvalue weighted by Gasteiger charge is -2.43. The molecular formula is C19H26N2O2. The summed E-state index contributed by atoms with van der Waals surface area (Å²) < 4.78 is 4.93. The molecule has 0 bridgehead atoms. The number of piperidine rings is 1. The van der Waals surface area contributed by atoms with Crippen LogP contribution in [0.5, 0.6) is 0 Å². The second-order valence-corrected chi connectivity index (χ2v) is 6.67. The van der Waals surface area contributed by atoms with E-state index in [1.54, 1.807) is 0 Å². The van der Waals surface area contributed by atoms with Crippen molar-refractivity contribution in [2.24, 2.45) is 0 Å². The molecule has 2 aliphatic heterocycles. The Hall–Kier alpha value is -1.65. The minimum Gasteiger partial charge on any atom is -0.468 e. The maximum absolute atomic E-state index is 11.9. The van der Waals surface area contributed by atoms with Gasteiger partial charge in [-0.2, -0.15) is 0 Å². The standard InChI is InChI=1S/C19H26N2O2/c1-23-18(22)17-9-5-6-10-19(20-17)11-13-21(14-12-19)15-16-7-3-2-4-8-16/h2-8,17,20H,9-15H2,1H3. The highest BCUT2D eigenvalue weighted by molar-refractivity contribution is 5.76. The Kier molecular flexibility index (Phi) is 5.13. The van der Waals surface area contributed by atoms with Gasteiger partial charge in [0.05, 0.1) is 7.11 Å². The van der Waals surface area contributed by atoms with Crippen LogP contribution in [0.3, 0.4) is 0 Å². The molecule has 1 aromatic rings. The van der Waals surface area contributed by atoms with Crippen LogP contribution in [0.1, 0.15) is 31.2 Å². The van der Waals surface area contributed by atoms with E-state index in [2.05, 4.69) is 52.7 Å². The molecule has 2 aliphatic rings. The van der Waals surface area contributed by atoms with Crippen LogP contribution >= 0.6 is 0 Å². The molecule has 1 aromatic carbocycles. The number of nitrogens with zero attached hydrogens (tertiary/aromatic N) is 1. The third-order valence-corrected chi connectivity index (χ3v) is 5.08. The third-order valence-electron chi connectivity index (χ3n) is 5.08. The molecule has 0 amide bonds. The zero-order valence-electron chi connectivity index (χ0n) is 13.8. The molecule has 1 atom stereocenters. The molecule has 1 N–H and O–H groups in total. The molecule has 4 heteroatoms. The average molecular weight is 314 g/mol. The second kappa shape index (κ2) is 7.28.